The summed E-state index contributed by atoms with van der Waals surface area (Å²) in [6.45, 7) is 2.00. The molecule has 2 N–H and O–H groups in total. The van der Waals surface area contributed by atoms with Gasteiger partial charge in [0.15, 0.2) is 5.82 Å². The normalized spacial score (nSPS) is 20.1. The van der Waals surface area contributed by atoms with Crippen molar-refractivity contribution in [2.75, 3.05) is 0 Å². The maximum Gasteiger partial charge on any atom is 0.226 e. The van der Waals surface area contributed by atoms with E-state index in [2.05, 4.69) is 10.1 Å². The second-order valence-corrected chi connectivity index (χ2v) is 3.97. The van der Waals surface area contributed by atoms with Gasteiger partial charge >= 0.3 is 0 Å². The first kappa shape index (κ1) is 9.65. The lowest BCUT2D eigenvalue weighted by atomic mass is 9.99. The van der Waals surface area contributed by atoms with E-state index in [9.17, 15) is 0 Å². The Morgan fingerprint density at radius 3 is 2.79 bits per heavy atom. The van der Waals surface area contributed by atoms with Gasteiger partial charge in [0.2, 0.25) is 5.89 Å². The average molecular weight is 195 g/mol. The monoisotopic (exact) mass is 195 g/mol. The lowest BCUT2D eigenvalue weighted by Crippen LogP contribution is -2.20. The van der Waals surface area contributed by atoms with Crippen molar-refractivity contribution in [1.82, 2.24) is 10.1 Å². The van der Waals surface area contributed by atoms with Gasteiger partial charge in [-0.2, -0.15) is 4.98 Å². The standard InChI is InChI=1S/C10H17N3O/c1-2-8-12-10(13-14-8)9(11)7-5-3-4-6-7/h7,9H,2-6,11H2,1H3. The second kappa shape index (κ2) is 4.09. The van der Waals surface area contributed by atoms with Crippen molar-refractivity contribution >= 4 is 0 Å². The number of nitrogens with two attached hydrogens (primary N) is 1. The first-order valence-electron chi connectivity index (χ1n) is 5.39. The van der Waals surface area contributed by atoms with Crippen LogP contribution in [0.3, 0.4) is 0 Å². The van der Waals surface area contributed by atoms with E-state index in [0.29, 0.717) is 17.6 Å². The number of aromatic nitrogens is 2. The number of hydrogen-bond acceptors (Lipinski definition) is 4. The van der Waals surface area contributed by atoms with Crippen LogP contribution in [0.4, 0.5) is 0 Å². The van der Waals surface area contributed by atoms with E-state index < -0.39 is 0 Å². The van der Waals surface area contributed by atoms with Crippen LogP contribution in [-0.4, -0.2) is 10.1 Å². The molecule has 4 nitrogen and oxygen atoms in total. The number of nitrogens with zero attached hydrogens (tertiary/aromatic N) is 2. The molecular formula is C10H17N3O. The highest BCUT2D eigenvalue weighted by Crippen LogP contribution is 2.32. The number of rotatable bonds is 3. The Bertz CT molecular complexity index is 291. The van der Waals surface area contributed by atoms with Crippen molar-refractivity contribution in [2.45, 2.75) is 45.1 Å². The predicted octanol–water partition coefficient (Wildman–Crippen LogP) is 1.82. The summed E-state index contributed by atoms with van der Waals surface area (Å²) in [4.78, 5) is 4.27. The highest BCUT2D eigenvalue weighted by molar-refractivity contribution is 4.96. The number of aryl methyl sites for hydroxylation is 1. The molecule has 0 amide bonds. The summed E-state index contributed by atoms with van der Waals surface area (Å²) in [6, 6.07) is -0.0263. The molecule has 14 heavy (non-hydrogen) atoms. The predicted molar refractivity (Wildman–Crippen MR) is 52.6 cm³/mol. The third kappa shape index (κ3) is 1.80. The SMILES string of the molecule is CCc1nc(C(N)C2CCCC2)no1. The first-order valence-corrected chi connectivity index (χ1v) is 5.39. The first-order chi connectivity index (χ1) is 6.81. The smallest absolute Gasteiger partial charge is 0.226 e. The fourth-order valence-corrected chi connectivity index (χ4v) is 2.07. The minimum absolute atomic E-state index is 0.0263. The van der Waals surface area contributed by atoms with Gasteiger partial charge in [-0.25, -0.2) is 0 Å². The molecule has 1 unspecified atom stereocenters. The third-order valence-corrected chi connectivity index (χ3v) is 2.99. The van der Waals surface area contributed by atoms with E-state index in [-0.39, 0.29) is 6.04 Å². The largest absolute Gasteiger partial charge is 0.339 e. The van der Waals surface area contributed by atoms with E-state index >= 15 is 0 Å². The van der Waals surface area contributed by atoms with Gasteiger partial charge < -0.3 is 10.3 Å². The lowest BCUT2D eigenvalue weighted by Gasteiger charge is -2.14. The molecule has 1 aliphatic carbocycles. The van der Waals surface area contributed by atoms with Gasteiger partial charge in [0, 0.05) is 6.42 Å². The van der Waals surface area contributed by atoms with Crippen LogP contribution in [0.15, 0.2) is 4.52 Å². The highest BCUT2D eigenvalue weighted by atomic mass is 16.5. The van der Waals surface area contributed by atoms with Gasteiger partial charge in [-0.05, 0) is 18.8 Å². The zero-order valence-corrected chi connectivity index (χ0v) is 8.57. The van der Waals surface area contributed by atoms with Crippen LogP contribution < -0.4 is 5.73 Å². The highest BCUT2D eigenvalue weighted by Gasteiger charge is 2.26. The molecule has 1 saturated carbocycles. The molecule has 0 aromatic carbocycles. The van der Waals surface area contributed by atoms with Gasteiger partial charge in [0.25, 0.3) is 0 Å². The van der Waals surface area contributed by atoms with Crippen LogP contribution in [0.2, 0.25) is 0 Å². The molecule has 0 aliphatic heterocycles. The molecule has 1 aromatic rings. The van der Waals surface area contributed by atoms with Crippen molar-refractivity contribution in [1.29, 1.82) is 0 Å². The van der Waals surface area contributed by atoms with Crippen LogP contribution in [0, 0.1) is 5.92 Å². The summed E-state index contributed by atoms with van der Waals surface area (Å²) in [5, 5.41) is 3.92. The van der Waals surface area contributed by atoms with Gasteiger partial charge in [-0.3, -0.25) is 0 Å². The van der Waals surface area contributed by atoms with E-state index in [0.717, 1.165) is 6.42 Å². The van der Waals surface area contributed by atoms with Gasteiger partial charge in [-0.1, -0.05) is 24.9 Å². The Morgan fingerprint density at radius 2 is 2.21 bits per heavy atom. The van der Waals surface area contributed by atoms with Crippen molar-refractivity contribution in [3.63, 3.8) is 0 Å². The molecule has 4 heteroatoms. The molecule has 2 rings (SSSR count). The third-order valence-electron chi connectivity index (χ3n) is 2.99. The van der Waals surface area contributed by atoms with Crippen LogP contribution >= 0.6 is 0 Å². The Hall–Kier alpha value is -0.900. The van der Waals surface area contributed by atoms with Crippen molar-refractivity contribution in [3.8, 4) is 0 Å². The summed E-state index contributed by atoms with van der Waals surface area (Å²) in [7, 11) is 0. The van der Waals surface area contributed by atoms with Crippen molar-refractivity contribution < 1.29 is 4.52 Å². The molecule has 1 heterocycles. The molecule has 1 aromatic heterocycles. The molecule has 0 saturated heterocycles. The maximum absolute atomic E-state index is 6.08. The van der Waals surface area contributed by atoms with Crippen LogP contribution in [0.25, 0.3) is 0 Å². The summed E-state index contributed by atoms with van der Waals surface area (Å²) in [5.41, 5.74) is 6.08. The van der Waals surface area contributed by atoms with Crippen LogP contribution in [0.1, 0.15) is 50.4 Å². The minimum atomic E-state index is -0.0263. The molecule has 78 valence electrons. The Labute approximate surface area is 83.9 Å². The molecule has 0 radical (unpaired) electrons. The minimum Gasteiger partial charge on any atom is -0.339 e. The van der Waals surface area contributed by atoms with E-state index in [1.54, 1.807) is 0 Å². The fraction of sp³-hybridized carbons (Fsp3) is 0.800. The van der Waals surface area contributed by atoms with Gasteiger partial charge in [0.1, 0.15) is 0 Å². The summed E-state index contributed by atoms with van der Waals surface area (Å²) in [5.74, 6) is 1.93. The zero-order chi connectivity index (χ0) is 9.97. The zero-order valence-electron chi connectivity index (χ0n) is 8.57. The van der Waals surface area contributed by atoms with Crippen molar-refractivity contribution in [3.05, 3.63) is 11.7 Å². The Morgan fingerprint density at radius 1 is 1.50 bits per heavy atom. The topological polar surface area (TPSA) is 64.9 Å². The van der Waals surface area contributed by atoms with Gasteiger partial charge in [0.05, 0.1) is 6.04 Å². The molecule has 0 bridgehead atoms. The van der Waals surface area contributed by atoms with Crippen molar-refractivity contribution in [2.24, 2.45) is 11.7 Å². The summed E-state index contributed by atoms with van der Waals surface area (Å²) < 4.78 is 5.05. The Balaban J connectivity index is 2.05. The Kier molecular flexibility index (Phi) is 2.82. The summed E-state index contributed by atoms with van der Waals surface area (Å²) in [6.07, 6.45) is 5.77. The van der Waals surface area contributed by atoms with E-state index in [1.807, 2.05) is 6.92 Å². The van der Waals surface area contributed by atoms with E-state index in [1.165, 1.54) is 25.7 Å². The molecule has 1 fully saturated rings. The van der Waals surface area contributed by atoms with Crippen LogP contribution in [-0.2, 0) is 6.42 Å². The molecule has 0 spiro atoms. The quantitative estimate of drug-likeness (QED) is 0.799. The van der Waals surface area contributed by atoms with E-state index in [4.69, 9.17) is 10.3 Å². The molecular weight excluding hydrogens is 178 g/mol. The number of hydrogen-bond donors (Lipinski definition) is 1. The van der Waals surface area contributed by atoms with Crippen LogP contribution in [0.5, 0.6) is 0 Å². The molecule has 1 aliphatic rings. The average Bonchev–Trinajstić information content (AvgIpc) is 2.88. The fourth-order valence-electron chi connectivity index (χ4n) is 2.07. The maximum atomic E-state index is 6.08. The van der Waals surface area contributed by atoms with Gasteiger partial charge in [-0.15, -0.1) is 0 Å². The summed E-state index contributed by atoms with van der Waals surface area (Å²) >= 11 is 0. The lowest BCUT2D eigenvalue weighted by molar-refractivity contribution is 0.358. The second-order valence-electron chi connectivity index (χ2n) is 3.97. The molecule has 1 atom stereocenters.